The molecular weight excluding hydrogens is 998 g/mol. The largest absolute Gasteiger partial charge is 0.311 e. The summed E-state index contributed by atoms with van der Waals surface area (Å²) in [5.74, 6) is 0. The minimum absolute atomic E-state index is 0.0445. The number of rotatable bonds is 7. The summed E-state index contributed by atoms with van der Waals surface area (Å²) in [4.78, 5) is 7.60. The Labute approximate surface area is 495 Å². The monoisotopic (exact) mass is 1050 g/mol. The van der Waals surface area contributed by atoms with Gasteiger partial charge in [0.15, 0.2) is 0 Å². The maximum Gasteiger partial charge on any atom is 0.252 e. The van der Waals surface area contributed by atoms with Crippen molar-refractivity contribution in [1.29, 1.82) is 0 Å². The quantitative estimate of drug-likeness (QED) is 0.182. The Morgan fingerprint density at radius 2 is 0.829 bits per heavy atom. The molecule has 11 aromatic carbocycles. The van der Waals surface area contributed by atoms with Gasteiger partial charge in [-0.25, -0.2) is 0 Å². The summed E-state index contributed by atoms with van der Waals surface area (Å²) in [5, 5.41) is 2.59. The van der Waals surface area contributed by atoms with Crippen molar-refractivity contribution in [2.75, 3.05) is 14.7 Å². The van der Waals surface area contributed by atoms with Crippen LogP contribution in [0, 0.1) is 0 Å². The maximum atomic E-state index is 2.63. The molecule has 3 nitrogen and oxygen atoms in total. The van der Waals surface area contributed by atoms with Gasteiger partial charge >= 0.3 is 0 Å². The topological polar surface area (TPSA) is 9.72 Å². The van der Waals surface area contributed by atoms with Crippen LogP contribution in [-0.4, -0.2) is 85.2 Å². The van der Waals surface area contributed by atoms with Crippen molar-refractivity contribution < 1.29 is 0 Å². The third-order valence-electron chi connectivity index (χ3n) is 19.8. The number of thiophene rings is 1. The second-order valence-corrected chi connectivity index (χ2v) is 24.5. The van der Waals surface area contributed by atoms with E-state index in [0.29, 0.717) is 0 Å². The van der Waals surface area contributed by atoms with Gasteiger partial charge in [0.2, 0.25) is 0 Å². The van der Waals surface area contributed by atoms with E-state index in [2.05, 4.69) is 299 Å². The molecule has 0 spiro atoms. The van der Waals surface area contributed by atoms with Gasteiger partial charge in [-0.05, 0) is 141 Å². The lowest BCUT2D eigenvalue weighted by molar-refractivity contribution is 0.793. The Hall–Kier alpha value is -8.25. The molecule has 0 N–H and O–H groups in total. The standard InChI is InChI=1S/C67H54B11N3S/c68-56-54(57(69)61(73)64(76)60(56)72)67(55-58(70)62(74)65(77)63(75)59(55)71)44-20-9-7-18-40(44)41-29-26-38(33-45(41)67)81-50-24-13-23-49-66(50)78(47-30-27-39(34-51(47)81)79(35-14-3-1-4-15-35)36-16-5-2-6-17-36)46-21-10-11-22-48(46)80(49)37-28-31-53-43(32-37)42-19-8-12-25-52(42)82-53/h1-34H,68-77H2. The fraction of sp³-hybridized carbons (Fsp3) is 0.0149. The van der Waals surface area contributed by atoms with Crippen LogP contribution in [0.4, 0.5) is 51.2 Å². The van der Waals surface area contributed by atoms with E-state index in [1.54, 1.807) is 0 Å². The molecule has 3 heterocycles. The third kappa shape index (κ3) is 7.05. The first-order valence-electron chi connectivity index (χ1n) is 29.0. The molecule has 2 aliphatic heterocycles. The van der Waals surface area contributed by atoms with Crippen LogP contribution in [-0.2, 0) is 5.41 Å². The molecular formula is C67H54B11N3S. The van der Waals surface area contributed by atoms with Crippen LogP contribution >= 0.6 is 11.3 Å². The van der Waals surface area contributed by atoms with Crippen LogP contribution in [0.1, 0.15) is 22.3 Å². The molecule has 0 radical (unpaired) electrons. The molecule has 3 aliphatic rings. The van der Waals surface area contributed by atoms with Gasteiger partial charge < -0.3 is 14.7 Å². The number of para-hydroxylation sites is 3. The van der Waals surface area contributed by atoms with Crippen LogP contribution in [0.3, 0.4) is 0 Å². The highest BCUT2D eigenvalue weighted by molar-refractivity contribution is 7.25. The lowest BCUT2D eigenvalue weighted by Crippen LogP contribution is -2.63. The Kier molecular flexibility index (Phi) is 11.7. The van der Waals surface area contributed by atoms with Crippen molar-refractivity contribution in [3.8, 4) is 11.1 Å². The maximum absolute atomic E-state index is 2.63. The molecule has 12 aromatic rings. The molecule has 0 amide bonds. The first kappa shape index (κ1) is 50.7. The summed E-state index contributed by atoms with van der Waals surface area (Å²) in [6.07, 6.45) is 0. The third-order valence-corrected chi connectivity index (χ3v) is 21.0. The molecule has 82 heavy (non-hydrogen) atoms. The predicted octanol–water partition coefficient (Wildman–Crippen LogP) is -1.45. The van der Waals surface area contributed by atoms with Gasteiger partial charge in [0.25, 0.3) is 6.71 Å². The average molecular weight is 1050 g/mol. The summed E-state index contributed by atoms with van der Waals surface area (Å²) < 4.78 is 2.62. The normalized spacial score (nSPS) is 13.4. The van der Waals surface area contributed by atoms with Crippen molar-refractivity contribution in [2.45, 2.75) is 5.41 Å². The summed E-state index contributed by atoms with van der Waals surface area (Å²) >= 11 is 1.87. The van der Waals surface area contributed by atoms with Gasteiger partial charge in [-0.15, -0.1) is 44.1 Å². The van der Waals surface area contributed by atoms with E-state index in [-0.39, 0.29) is 6.71 Å². The minimum Gasteiger partial charge on any atom is -0.311 e. The Bertz CT molecular complexity index is 4540. The summed E-state index contributed by atoms with van der Waals surface area (Å²) in [6, 6.07) is 78.1. The fourth-order valence-corrected chi connectivity index (χ4v) is 16.3. The predicted molar refractivity (Wildman–Crippen MR) is 387 cm³/mol. The molecule has 0 atom stereocenters. The van der Waals surface area contributed by atoms with Crippen molar-refractivity contribution in [3.63, 3.8) is 0 Å². The van der Waals surface area contributed by atoms with Crippen LogP contribution in [0.15, 0.2) is 206 Å². The number of benzene rings is 11. The van der Waals surface area contributed by atoms with E-state index < -0.39 is 5.41 Å². The lowest BCUT2D eigenvalue weighted by atomic mass is 9.33. The fourth-order valence-electron chi connectivity index (χ4n) is 15.2. The van der Waals surface area contributed by atoms with Crippen LogP contribution < -0.4 is 85.7 Å². The second kappa shape index (κ2) is 18.9. The Morgan fingerprint density at radius 1 is 0.341 bits per heavy atom. The average Bonchev–Trinajstić information content (AvgIpc) is 2.08. The van der Waals surface area contributed by atoms with Crippen molar-refractivity contribution >= 4 is 239 Å². The number of nitrogens with zero attached hydrogens (tertiary/aromatic N) is 3. The van der Waals surface area contributed by atoms with Crippen LogP contribution in [0.2, 0.25) is 0 Å². The molecule has 376 valence electrons. The van der Waals surface area contributed by atoms with E-state index in [1.807, 2.05) is 11.3 Å². The summed E-state index contributed by atoms with van der Waals surface area (Å²) in [5.41, 5.74) is 35.4. The molecule has 1 aliphatic carbocycles. The number of hydrogen-bond acceptors (Lipinski definition) is 4. The van der Waals surface area contributed by atoms with Gasteiger partial charge in [0.05, 0.1) is 5.41 Å². The summed E-state index contributed by atoms with van der Waals surface area (Å²) in [7, 11) is 23.7. The summed E-state index contributed by atoms with van der Waals surface area (Å²) in [6.45, 7) is -0.0445. The first-order chi connectivity index (χ1) is 39.9. The SMILES string of the molecule is Bc1c(B)c(B)c(C2(c3c(B)c(B)c(B)c(B)c3B)c3ccccc3-c3ccc(N4c5cc(N(c6ccccc6)c6ccccc6)ccc5B5c6ccccc6N(c6ccc7sc8ccccc8c7c6)c6cccc4c65)cc32)c(B)c1B. The molecule has 0 saturated heterocycles. The lowest BCUT2D eigenvalue weighted by Gasteiger charge is -2.45. The number of hydrogen-bond donors (Lipinski definition) is 0. The Balaban J connectivity index is 1.05. The molecule has 0 unspecified atom stereocenters. The minimum atomic E-state index is -0.645. The van der Waals surface area contributed by atoms with Crippen molar-refractivity contribution in [1.82, 2.24) is 0 Å². The van der Waals surface area contributed by atoms with Crippen molar-refractivity contribution in [2.24, 2.45) is 0 Å². The highest BCUT2D eigenvalue weighted by Gasteiger charge is 2.51. The molecule has 15 rings (SSSR count). The van der Waals surface area contributed by atoms with Gasteiger partial charge in [0, 0.05) is 71.4 Å². The molecule has 0 bridgehead atoms. The van der Waals surface area contributed by atoms with Gasteiger partial charge in [-0.1, -0.05) is 137 Å². The van der Waals surface area contributed by atoms with E-state index in [9.17, 15) is 0 Å². The number of anilines is 9. The van der Waals surface area contributed by atoms with E-state index in [4.69, 9.17) is 0 Å². The van der Waals surface area contributed by atoms with E-state index >= 15 is 0 Å². The molecule has 1 aromatic heterocycles. The Morgan fingerprint density at radius 3 is 1.49 bits per heavy atom. The molecule has 0 fully saturated rings. The van der Waals surface area contributed by atoms with Crippen molar-refractivity contribution in [3.05, 3.63) is 229 Å². The van der Waals surface area contributed by atoms with E-state index in [1.165, 1.54) is 147 Å². The smallest absolute Gasteiger partial charge is 0.252 e. The highest BCUT2D eigenvalue weighted by Crippen LogP contribution is 2.56. The van der Waals surface area contributed by atoms with Crippen LogP contribution in [0.5, 0.6) is 0 Å². The zero-order chi connectivity index (χ0) is 56.0. The second-order valence-electron chi connectivity index (χ2n) is 23.4. The number of fused-ring (bicyclic) bond motifs is 10. The molecule has 15 heteroatoms. The highest BCUT2D eigenvalue weighted by atomic mass is 32.1. The van der Waals surface area contributed by atoms with Gasteiger partial charge in [-0.2, -0.15) is 0 Å². The first-order valence-corrected chi connectivity index (χ1v) is 29.9. The van der Waals surface area contributed by atoms with Crippen LogP contribution in [0.25, 0.3) is 31.3 Å². The zero-order valence-electron chi connectivity index (χ0n) is 48.5. The molecule has 0 saturated carbocycles. The van der Waals surface area contributed by atoms with Gasteiger partial charge in [0.1, 0.15) is 78.5 Å². The zero-order valence-corrected chi connectivity index (χ0v) is 49.3. The van der Waals surface area contributed by atoms with E-state index in [0.717, 1.165) is 28.4 Å². The van der Waals surface area contributed by atoms with Gasteiger partial charge in [-0.3, -0.25) is 0 Å².